The normalized spacial score (nSPS) is 11.1. The van der Waals surface area contributed by atoms with Gasteiger partial charge in [0.25, 0.3) is 11.5 Å². The molecule has 6 N–H and O–H groups in total. The number of benzene rings is 1. The van der Waals surface area contributed by atoms with Gasteiger partial charge in [-0.25, -0.2) is 10.2 Å². The van der Waals surface area contributed by atoms with Crippen molar-refractivity contribution >= 4 is 17.5 Å². The zero-order chi connectivity index (χ0) is 26.6. The van der Waals surface area contributed by atoms with E-state index >= 15 is 0 Å². The molecule has 0 saturated carbocycles. The van der Waals surface area contributed by atoms with Crippen LogP contribution in [0.5, 0.6) is 0 Å². The van der Waals surface area contributed by atoms with Crippen LogP contribution in [0, 0.1) is 5.82 Å². The molecule has 11 heteroatoms. The standard InChI is InChI=1S/C26H30FN7O3/c27-21-9-6-11-30-23(21)17-31-26(37)22(28)18-34(29)13-5-4-12-33-14-10-20(16-25(33)36)32-24(35)15-19-7-2-1-3-8-19/h1-3,6-11,14,16,18H,4-5,12-13,15,17,28-29H2,(H,31,37)(H,32,35)/b22-18-. The Bertz CT molecular complexity index is 1290. The Balaban J connectivity index is 1.39. The molecule has 1 aromatic carbocycles. The fraction of sp³-hybridized carbons (Fsp3) is 0.231. The molecule has 3 aromatic rings. The van der Waals surface area contributed by atoms with Crippen LogP contribution in [0.1, 0.15) is 24.1 Å². The topological polar surface area (TPSA) is 148 Å². The highest BCUT2D eigenvalue weighted by molar-refractivity contribution is 5.92. The first-order chi connectivity index (χ1) is 17.8. The van der Waals surface area contributed by atoms with Gasteiger partial charge >= 0.3 is 0 Å². The second-order valence-corrected chi connectivity index (χ2v) is 8.30. The third-order valence-corrected chi connectivity index (χ3v) is 5.37. The first-order valence-corrected chi connectivity index (χ1v) is 11.7. The van der Waals surface area contributed by atoms with Gasteiger partial charge in [-0.1, -0.05) is 30.3 Å². The second-order valence-electron chi connectivity index (χ2n) is 8.30. The molecule has 0 fully saturated rings. The quantitative estimate of drug-likeness (QED) is 0.126. The maximum absolute atomic E-state index is 13.6. The van der Waals surface area contributed by atoms with Crippen molar-refractivity contribution in [2.75, 3.05) is 11.9 Å². The van der Waals surface area contributed by atoms with Gasteiger partial charge in [-0.05, 0) is 36.6 Å². The number of nitrogens with zero attached hydrogens (tertiary/aromatic N) is 3. The van der Waals surface area contributed by atoms with Crippen LogP contribution in [-0.2, 0) is 29.1 Å². The Hall–Kier alpha value is -4.51. The van der Waals surface area contributed by atoms with Crippen LogP contribution in [0.15, 0.2) is 83.7 Å². The van der Waals surface area contributed by atoms with E-state index in [1.807, 2.05) is 30.3 Å². The van der Waals surface area contributed by atoms with Crippen LogP contribution < -0.4 is 27.8 Å². The van der Waals surface area contributed by atoms with Crippen molar-refractivity contribution in [3.8, 4) is 0 Å². The third kappa shape index (κ3) is 8.89. The zero-order valence-electron chi connectivity index (χ0n) is 20.3. The van der Waals surface area contributed by atoms with Gasteiger partial charge in [-0.3, -0.25) is 19.4 Å². The van der Waals surface area contributed by atoms with E-state index in [9.17, 15) is 18.8 Å². The molecular formula is C26H30FN7O3. The summed E-state index contributed by atoms with van der Waals surface area (Å²) < 4.78 is 15.1. The van der Waals surface area contributed by atoms with Crippen molar-refractivity contribution in [2.45, 2.75) is 32.4 Å². The average Bonchev–Trinajstić information content (AvgIpc) is 2.87. The summed E-state index contributed by atoms with van der Waals surface area (Å²) in [4.78, 5) is 40.5. The van der Waals surface area contributed by atoms with Crippen LogP contribution in [0.3, 0.4) is 0 Å². The largest absolute Gasteiger partial charge is 0.393 e. The molecule has 0 aliphatic rings. The number of anilines is 1. The van der Waals surface area contributed by atoms with Crippen LogP contribution in [-0.4, -0.2) is 32.9 Å². The minimum Gasteiger partial charge on any atom is -0.393 e. The lowest BCUT2D eigenvalue weighted by molar-refractivity contribution is -0.118. The summed E-state index contributed by atoms with van der Waals surface area (Å²) in [5.74, 6) is 4.58. The highest BCUT2D eigenvalue weighted by Gasteiger charge is 2.09. The number of aryl methyl sites for hydroxylation is 1. The average molecular weight is 508 g/mol. The number of carbonyl (C=O) groups excluding carboxylic acids is 2. The minimum atomic E-state index is -0.594. The lowest BCUT2D eigenvalue weighted by Gasteiger charge is -2.15. The van der Waals surface area contributed by atoms with Crippen molar-refractivity contribution in [3.05, 3.63) is 106 Å². The number of unbranched alkanes of at least 4 members (excludes halogenated alkanes) is 1. The van der Waals surface area contributed by atoms with Crippen molar-refractivity contribution in [1.82, 2.24) is 19.9 Å². The van der Waals surface area contributed by atoms with Gasteiger partial charge in [-0.2, -0.15) is 0 Å². The van der Waals surface area contributed by atoms with E-state index in [1.165, 1.54) is 35.6 Å². The van der Waals surface area contributed by atoms with Crippen LogP contribution >= 0.6 is 0 Å². The Morgan fingerprint density at radius 2 is 1.89 bits per heavy atom. The third-order valence-electron chi connectivity index (χ3n) is 5.37. The number of nitrogens with two attached hydrogens (primary N) is 2. The van der Waals surface area contributed by atoms with Crippen molar-refractivity contribution in [2.24, 2.45) is 11.6 Å². The lowest BCUT2D eigenvalue weighted by atomic mass is 10.1. The molecule has 0 bridgehead atoms. The Labute approximate surface area is 213 Å². The summed E-state index contributed by atoms with van der Waals surface area (Å²) in [5.41, 5.74) is 6.85. The molecule has 0 saturated heterocycles. The number of halogens is 1. The summed E-state index contributed by atoms with van der Waals surface area (Å²) in [5, 5.41) is 6.51. The van der Waals surface area contributed by atoms with Crippen molar-refractivity contribution in [1.29, 1.82) is 0 Å². The molecular weight excluding hydrogens is 477 g/mol. The number of aromatic nitrogens is 2. The van der Waals surface area contributed by atoms with Crippen LogP contribution in [0.2, 0.25) is 0 Å². The fourth-order valence-corrected chi connectivity index (χ4v) is 3.45. The smallest absolute Gasteiger partial charge is 0.269 e. The Morgan fingerprint density at radius 3 is 2.62 bits per heavy atom. The number of nitrogens with one attached hydrogen (secondary N) is 2. The van der Waals surface area contributed by atoms with Gasteiger partial charge in [0.15, 0.2) is 0 Å². The SMILES string of the molecule is N/C(=C\N(N)CCCCn1ccc(NC(=O)Cc2ccccc2)cc1=O)C(=O)NCc1ncccc1F. The van der Waals surface area contributed by atoms with E-state index in [0.717, 1.165) is 5.56 Å². The Kier molecular flexibility index (Phi) is 9.91. The monoisotopic (exact) mass is 507 g/mol. The summed E-state index contributed by atoms with van der Waals surface area (Å²) in [6.07, 6.45) is 5.85. The van der Waals surface area contributed by atoms with E-state index in [1.54, 1.807) is 16.8 Å². The molecule has 0 aliphatic carbocycles. The van der Waals surface area contributed by atoms with Gasteiger partial charge in [0.05, 0.1) is 18.7 Å². The molecule has 10 nitrogen and oxygen atoms in total. The van der Waals surface area contributed by atoms with Gasteiger partial charge in [0, 0.05) is 43.4 Å². The summed E-state index contributed by atoms with van der Waals surface area (Å²) >= 11 is 0. The molecule has 194 valence electrons. The molecule has 2 aromatic heterocycles. The lowest BCUT2D eigenvalue weighted by Crippen LogP contribution is -2.33. The van der Waals surface area contributed by atoms with E-state index in [4.69, 9.17) is 11.6 Å². The van der Waals surface area contributed by atoms with Crippen molar-refractivity contribution < 1.29 is 14.0 Å². The van der Waals surface area contributed by atoms with E-state index in [0.29, 0.717) is 31.6 Å². The van der Waals surface area contributed by atoms with Gasteiger partial charge in [-0.15, -0.1) is 0 Å². The predicted octanol–water partition coefficient (Wildman–Crippen LogP) is 1.64. The second kappa shape index (κ2) is 13.5. The molecule has 3 rings (SSSR count). The number of hydrazine groups is 1. The molecule has 0 radical (unpaired) electrons. The first-order valence-electron chi connectivity index (χ1n) is 11.7. The van der Waals surface area contributed by atoms with E-state index in [-0.39, 0.29) is 35.8 Å². The highest BCUT2D eigenvalue weighted by Crippen LogP contribution is 2.07. The van der Waals surface area contributed by atoms with Crippen LogP contribution in [0.4, 0.5) is 10.1 Å². The summed E-state index contributed by atoms with van der Waals surface area (Å²) in [6, 6.07) is 15.1. The maximum atomic E-state index is 13.6. The van der Waals surface area contributed by atoms with Gasteiger partial charge in [0.1, 0.15) is 11.5 Å². The molecule has 2 heterocycles. The molecule has 2 amide bonds. The first kappa shape index (κ1) is 27.1. The number of hydrogen-bond acceptors (Lipinski definition) is 7. The van der Waals surface area contributed by atoms with Gasteiger partial charge < -0.3 is 25.9 Å². The maximum Gasteiger partial charge on any atom is 0.269 e. The number of carbonyl (C=O) groups is 2. The number of hydrogen-bond donors (Lipinski definition) is 4. The highest BCUT2D eigenvalue weighted by atomic mass is 19.1. The van der Waals surface area contributed by atoms with E-state index in [2.05, 4.69) is 15.6 Å². The predicted molar refractivity (Wildman–Crippen MR) is 138 cm³/mol. The summed E-state index contributed by atoms with van der Waals surface area (Å²) in [7, 11) is 0. The number of pyridine rings is 2. The van der Waals surface area contributed by atoms with Crippen LogP contribution in [0.25, 0.3) is 0 Å². The molecule has 37 heavy (non-hydrogen) atoms. The van der Waals surface area contributed by atoms with Gasteiger partial charge in [0.2, 0.25) is 5.91 Å². The number of amides is 2. The van der Waals surface area contributed by atoms with Crippen molar-refractivity contribution in [3.63, 3.8) is 0 Å². The molecule has 0 unspecified atom stereocenters. The molecule has 0 atom stereocenters. The Morgan fingerprint density at radius 1 is 1.11 bits per heavy atom. The van der Waals surface area contributed by atoms with E-state index < -0.39 is 11.7 Å². The minimum absolute atomic E-state index is 0.102. The molecule has 0 aliphatic heterocycles. The zero-order valence-corrected chi connectivity index (χ0v) is 20.3. The molecule has 0 spiro atoms. The number of rotatable bonds is 12. The fourth-order valence-electron chi connectivity index (χ4n) is 3.45. The summed E-state index contributed by atoms with van der Waals surface area (Å²) in [6.45, 7) is 0.750.